The number of ether oxygens (including phenoxy) is 1. The second-order valence-electron chi connectivity index (χ2n) is 5.35. The highest BCUT2D eigenvalue weighted by molar-refractivity contribution is 7.09. The molecule has 2 amide bonds. The number of aromatic nitrogens is 2. The Morgan fingerprint density at radius 2 is 1.77 bits per heavy atom. The quantitative estimate of drug-likeness (QED) is 0.675. The van der Waals surface area contributed by atoms with Gasteiger partial charge in [-0.3, -0.25) is 25.4 Å². The summed E-state index contributed by atoms with van der Waals surface area (Å²) in [7, 11) is 0. The zero-order valence-electron chi connectivity index (χ0n) is 13.9. The van der Waals surface area contributed by atoms with Gasteiger partial charge in [0, 0.05) is 11.6 Å². The summed E-state index contributed by atoms with van der Waals surface area (Å²) in [5, 5.41) is 2.27. The van der Waals surface area contributed by atoms with Crippen LogP contribution in [-0.2, 0) is 6.61 Å². The molecule has 0 fully saturated rings. The van der Waals surface area contributed by atoms with E-state index in [1.807, 2.05) is 31.2 Å². The van der Waals surface area contributed by atoms with Crippen LogP contribution in [0.5, 0.6) is 5.75 Å². The van der Waals surface area contributed by atoms with E-state index in [1.165, 1.54) is 17.5 Å². The van der Waals surface area contributed by atoms with E-state index in [1.54, 1.807) is 23.6 Å². The number of carbonyl (C=O) groups is 2. The molecule has 0 aliphatic heterocycles. The summed E-state index contributed by atoms with van der Waals surface area (Å²) in [6.07, 6.45) is 1.50. The van der Waals surface area contributed by atoms with Gasteiger partial charge >= 0.3 is 0 Å². The molecule has 0 saturated heterocycles. The number of hydrogen-bond donors (Lipinski definition) is 2. The molecule has 3 aromatic rings. The lowest BCUT2D eigenvalue weighted by Crippen LogP contribution is -2.42. The molecule has 132 valence electrons. The van der Waals surface area contributed by atoms with Gasteiger partial charge in [-0.15, -0.1) is 11.3 Å². The minimum Gasteiger partial charge on any atom is -0.486 e. The Morgan fingerprint density at radius 1 is 1.04 bits per heavy atom. The second kappa shape index (κ2) is 8.21. The van der Waals surface area contributed by atoms with Gasteiger partial charge in [0.25, 0.3) is 11.8 Å². The van der Waals surface area contributed by atoms with Crippen molar-refractivity contribution in [3.05, 3.63) is 76.0 Å². The number of thiazole rings is 1. The standard InChI is InChI=1S/C18H16N4O3S/c1-12-5-7-13(8-6-12)25-10-16-20-15(11-26-16)18(24)22-21-17(23)14-4-2-3-9-19-14/h2-9,11H,10H2,1H3,(H,21,23)(H,22,24). The van der Waals surface area contributed by atoms with Crippen molar-refractivity contribution in [3.63, 3.8) is 0 Å². The van der Waals surface area contributed by atoms with E-state index in [4.69, 9.17) is 4.74 Å². The fraction of sp³-hybridized carbons (Fsp3) is 0.111. The Balaban J connectivity index is 1.51. The molecule has 0 aliphatic carbocycles. The summed E-state index contributed by atoms with van der Waals surface area (Å²) in [4.78, 5) is 32.0. The van der Waals surface area contributed by atoms with Crippen LogP contribution in [0.1, 0.15) is 31.5 Å². The Hall–Kier alpha value is -3.26. The molecule has 26 heavy (non-hydrogen) atoms. The van der Waals surface area contributed by atoms with E-state index in [0.29, 0.717) is 5.01 Å². The Labute approximate surface area is 154 Å². The lowest BCUT2D eigenvalue weighted by atomic mass is 10.2. The van der Waals surface area contributed by atoms with Gasteiger partial charge in [-0.05, 0) is 31.2 Å². The molecule has 0 unspecified atom stereocenters. The Morgan fingerprint density at radius 3 is 2.46 bits per heavy atom. The molecule has 2 N–H and O–H groups in total. The highest BCUT2D eigenvalue weighted by Gasteiger charge is 2.13. The number of nitrogens with zero attached hydrogens (tertiary/aromatic N) is 2. The van der Waals surface area contributed by atoms with Crippen molar-refractivity contribution in [2.24, 2.45) is 0 Å². The normalized spacial score (nSPS) is 10.2. The average molecular weight is 368 g/mol. The van der Waals surface area contributed by atoms with Crippen LogP contribution in [0.25, 0.3) is 0 Å². The number of benzene rings is 1. The van der Waals surface area contributed by atoms with Gasteiger partial charge in [-0.2, -0.15) is 0 Å². The molecule has 0 spiro atoms. The van der Waals surface area contributed by atoms with Crippen LogP contribution in [0.2, 0.25) is 0 Å². The molecule has 2 heterocycles. The number of carbonyl (C=O) groups excluding carboxylic acids is 2. The highest BCUT2D eigenvalue weighted by atomic mass is 32.1. The van der Waals surface area contributed by atoms with Gasteiger partial charge in [0.15, 0.2) is 0 Å². The number of amides is 2. The predicted molar refractivity (Wildman–Crippen MR) is 96.8 cm³/mol. The van der Waals surface area contributed by atoms with Crippen LogP contribution in [0.4, 0.5) is 0 Å². The molecule has 7 nitrogen and oxygen atoms in total. The lowest BCUT2D eigenvalue weighted by molar-refractivity contribution is 0.0841. The Bertz CT molecular complexity index is 894. The maximum absolute atomic E-state index is 12.1. The van der Waals surface area contributed by atoms with Gasteiger partial charge in [-0.1, -0.05) is 23.8 Å². The summed E-state index contributed by atoms with van der Waals surface area (Å²) in [6, 6.07) is 12.6. The molecule has 8 heteroatoms. The van der Waals surface area contributed by atoms with Gasteiger partial charge in [0.1, 0.15) is 28.8 Å². The molecular weight excluding hydrogens is 352 g/mol. The van der Waals surface area contributed by atoms with Gasteiger partial charge in [0.05, 0.1) is 0 Å². The van der Waals surface area contributed by atoms with Gasteiger partial charge in [-0.25, -0.2) is 4.98 Å². The van der Waals surface area contributed by atoms with E-state index in [2.05, 4.69) is 20.8 Å². The van der Waals surface area contributed by atoms with Crippen LogP contribution in [-0.4, -0.2) is 21.8 Å². The van der Waals surface area contributed by atoms with Gasteiger partial charge in [0.2, 0.25) is 0 Å². The van der Waals surface area contributed by atoms with Crippen molar-refractivity contribution >= 4 is 23.2 Å². The number of aryl methyl sites for hydroxylation is 1. The number of pyridine rings is 1. The van der Waals surface area contributed by atoms with Crippen molar-refractivity contribution < 1.29 is 14.3 Å². The molecule has 1 aromatic carbocycles. The van der Waals surface area contributed by atoms with Gasteiger partial charge < -0.3 is 4.74 Å². The third-order valence-electron chi connectivity index (χ3n) is 3.35. The zero-order valence-corrected chi connectivity index (χ0v) is 14.7. The fourth-order valence-corrected chi connectivity index (χ4v) is 2.69. The SMILES string of the molecule is Cc1ccc(OCc2nc(C(=O)NNC(=O)c3ccccn3)cs2)cc1. The van der Waals surface area contributed by atoms with E-state index < -0.39 is 11.8 Å². The zero-order chi connectivity index (χ0) is 18.4. The second-order valence-corrected chi connectivity index (χ2v) is 6.29. The minimum absolute atomic E-state index is 0.207. The summed E-state index contributed by atoms with van der Waals surface area (Å²) in [5.41, 5.74) is 6.18. The maximum atomic E-state index is 12.1. The van der Waals surface area contributed by atoms with Crippen LogP contribution in [0.15, 0.2) is 54.0 Å². The fourth-order valence-electron chi connectivity index (χ4n) is 2.00. The first kappa shape index (κ1) is 17.6. The van der Waals surface area contributed by atoms with Crippen molar-refractivity contribution in [1.29, 1.82) is 0 Å². The lowest BCUT2D eigenvalue weighted by Gasteiger charge is -2.05. The maximum Gasteiger partial charge on any atom is 0.289 e. The molecule has 2 aromatic heterocycles. The largest absolute Gasteiger partial charge is 0.486 e. The molecule has 0 aliphatic rings. The van der Waals surface area contributed by atoms with Crippen molar-refractivity contribution in [2.75, 3.05) is 0 Å². The van der Waals surface area contributed by atoms with Crippen molar-refractivity contribution in [1.82, 2.24) is 20.8 Å². The monoisotopic (exact) mass is 368 g/mol. The average Bonchev–Trinajstić information content (AvgIpc) is 3.15. The summed E-state index contributed by atoms with van der Waals surface area (Å²) >= 11 is 1.31. The number of hydrazine groups is 1. The number of rotatable bonds is 5. The van der Waals surface area contributed by atoms with E-state index in [0.717, 1.165) is 11.3 Å². The first-order chi connectivity index (χ1) is 12.6. The molecule has 3 rings (SSSR count). The predicted octanol–water partition coefficient (Wildman–Crippen LogP) is 2.50. The van der Waals surface area contributed by atoms with E-state index in [-0.39, 0.29) is 18.0 Å². The van der Waals surface area contributed by atoms with Crippen molar-refractivity contribution in [3.8, 4) is 5.75 Å². The summed E-state index contributed by atoms with van der Waals surface area (Å²) in [6.45, 7) is 2.27. The van der Waals surface area contributed by atoms with Crippen LogP contribution in [0, 0.1) is 6.92 Å². The van der Waals surface area contributed by atoms with Crippen molar-refractivity contribution in [2.45, 2.75) is 13.5 Å². The van der Waals surface area contributed by atoms with E-state index in [9.17, 15) is 9.59 Å². The first-order valence-corrected chi connectivity index (χ1v) is 8.65. The molecule has 0 bridgehead atoms. The molecule has 0 atom stereocenters. The van der Waals surface area contributed by atoms with Crippen LogP contribution >= 0.6 is 11.3 Å². The minimum atomic E-state index is -0.507. The van der Waals surface area contributed by atoms with E-state index >= 15 is 0 Å². The number of nitrogens with one attached hydrogen (secondary N) is 2. The smallest absolute Gasteiger partial charge is 0.289 e. The highest BCUT2D eigenvalue weighted by Crippen LogP contribution is 2.16. The van der Waals surface area contributed by atoms with Crippen LogP contribution < -0.4 is 15.6 Å². The molecule has 0 saturated carbocycles. The third kappa shape index (κ3) is 4.64. The molecular formula is C18H16N4O3S. The number of hydrogen-bond acceptors (Lipinski definition) is 6. The Kier molecular flexibility index (Phi) is 5.55. The topological polar surface area (TPSA) is 93.2 Å². The summed E-state index contributed by atoms with van der Waals surface area (Å²) < 4.78 is 5.63. The summed E-state index contributed by atoms with van der Waals surface area (Å²) in [5.74, 6) is -0.274. The third-order valence-corrected chi connectivity index (χ3v) is 4.18. The first-order valence-electron chi connectivity index (χ1n) is 7.77. The van der Waals surface area contributed by atoms with Crippen LogP contribution in [0.3, 0.4) is 0 Å². The molecule has 0 radical (unpaired) electrons.